The van der Waals surface area contributed by atoms with Gasteiger partial charge in [-0.3, -0.25) is 9.59 Å². The summed E-state index contributed by atoms with van der Waals surface area (Å²) in [5.41, 5.74) is 7.49. The van der Waals surface area contributed by atoms with Crippen LogP contribution in [0.4, 0.5) is 5.69 Å². The van der Waals surface area contributed by atoms with E-state index >= 15 is 0 Å². The number of thioether (sulfide) groups is 1. The highest BCUT2D eigenvalue weighted by atomic mass is 35.5. The number of anilines is 1. The normalized spacial score (nSPS) is 10.6. The van der Waals surface area contributed by atoms with E-state index < -0.39 is 5.91 Å². The number of nitrogens with two attached hydrogens (primary N) is 1. The van der Waals surface area contributed by atoms with E-state index in [2.05, 4.69) is 10.5 Å². The second kappa shape index (κ2) is 9.14. The largest absolute Gasteiger partial charge is 0.366 e. The van der Waals surface area contributed by atoms with E-state index in [0.717, 1.165) is 5.56 Å². The Balaban J connectivity index is 1.50. The van der Waals surface area contributed by atoms with Crippen molar-refractivity contribution >= 4 is 52.5 Å². The van der Waals surface area contributed by atoms with Gasteiger partial charge in [-0.1, -0.05) is 28.4 Å². The lowest BCUT2D eigenvalue weighted by Gasteiger charge is -2.05. The van der Waals surface area contributed by atoms with Crippen LogP contribution >= 0.6 is 35.0 Å². The highest BCUT2D eigenvalue weighted by Gasteiger charge is 2.11. The van der Waals surface area contributed by atoms with E-state index in [9.17, 15) is 9.59 Å². The molecule has 0 radical (unpaired) electrons. The summed E-state index contributed by atoms with van der Waals surface area (Å²) in [6, 6.07) is 13.3. The van der Waals surface area contributed by atoms with Crippen LogP contribution in [0.1, 0.15) is 16.1 Å². The van der Waals surface area contributed by atoms with E-state index in [1.165, 1.54) is 11.8 Å². The first-order chi connectivity index (χ1) is 13.4. The Bertz CT molecular complexity index is 1010. The molecule has 144 valence electrons. The molecule has 0 aliphatic carbocycles. The molecule has 1 heterocycles. The number of nitrogens with one attached hydrogen (secondary N) is 1. The van der Waals surface area contributed by atoms with Crippen molar-refractivity contribution in [2.75, 3.05) is 11.1 Å². The molecule has 0 bridgehead atoms. The Morgan fingerprint density at radius 1 is 1.11 bits per heavy atom. The number of hydrogen-bond acceptors (Lipinski definition) is 5. The molecule has 3 aromatic rings. The van der Waals surface area contributed by atoms with Gasteiger partial charge in [-0.15, -0.1) is 11.8 Å². The van der Waals surface area contributed by atoms with E-state index in [-0.39, 0.29) is 11.7 Å². The number of benzene rings is 2. The number of aromatic nitrogens is 1. The van der Waals surface area contributed by atoms with Gasteiger partial charge in [-0.2, -0.15) is 0 Å². The second-order valence-corrected chi connectivity index (χ2v) is 7.61. The van der Waals surface area contributed by atoms with Crippen LogP contribution < -0.4 is 11.1 Å². The smallest absolute Gasteiger partial charge is 0.248 e. The standard InChI is InChI=1S/C19H15Cl2N3O3S/c20-12-3-6-15(16(21)7-12)17-8-14(27-24-17)9-28-10-18(25)23-13-4-1-11(2-5-13)19(22)26/h1-8H,9-10H2,(H2,22,26)(H,23,25). The van der Waals surface area contributed by atoms with Gasteiger partial charge in [0.15, 0.2) is 0 Å². The lowest BCUT2D eigenvalue weighted by Crippen LogP contribution is -2.15. The summed E-state index contributed by atoms with van der Waals surface area (Å²) in [6.07, 6.45) is 0. The molecule has 0 aliphatic heterocycles. The number of primary amides is 1. The van der Waals surface area contributed by atoms with Gasteiger partial charge in [0.2, 0.25) is 11.8 Å². The third-order valence-electron chi connectivity index (χ3n) is 3.70. The number of nitrogens with zero attached hydrogens (tertiary/aromatic N) is 1. The van der Waals surface area contributed by atoms with Gasteiger partial charge in [0.1, 0.15) is 11.5 Å². The molecule has 6 nitrogen and oxygen atoms in total. The molecule has 0 saturated carbocycles. The Morgan fingerprint density at radius 2 is 1.86 bits per heavy atom. The monoisotopic (exact) mass is 435 g/mol. The number of halogens is 2. The fraction of sp³-hybridized carbons (Fsp3) is 0.105. The average molecular weight is 436 g/mol. The van der Waals surface area contributed by atoms with Crippen LogP contribution in [0, 0.1) is 0 Å². The van der Waals surface area contributed by atoms with Crippen LogP contribution in [0.25, 0.3) is 11.3 Å². The molecule has 0 spiro atoms. The van der Waals surface area contributed by atoms with Crippen molar-refractivity contribution in [2.24, 2.45) is 5.73 Å². The van der Waals surface area contributed by atoms with Crippen molar-refractivity contribution in [1.82, 2.24) is 5.16 Å². The first-order valence-electron chi connectivity index (χ1n) is 8.11. The topological polar surface area (TPSA) is 98.2 Å². The number of amides is 2. The fourth-order valence-corrected chi connectivity index (χ4v) is 3.57. The van der Waals surface area contributed by atoms with Crippen molar-refractivity contribution in [2.45, 2.75) is 5.75 Å². The number of carbonyl (C=O) groups excluding carboxylic acids is 2. The fourth-order valence-electron chi connectivity index (χ4n) is 2.36. The molecule has 2 amide bonds. The summed E-state index contributed by atoms with van der Waals surface area (Å²) in [6.45, 7) is 0. The zero-order chi connectivity index (χ0) is 20.1. The van der Waals surface area contributed by atoms with Crippen molar-refractivity contribution in [3.63, 3.8) is 0 Å². The molecule has 0 saturated heterocycles. The van der Waals surface area contributed by atoms with E-state index in [1.54, 1.807) is 48.5 Å². The SMILES string of the molecule is NC(=O)c1ccc(NC(=O)CSCc2cc(-c3ccc(Cl)cc3Cl)no2)cc1. The Kier molecular flexibility index (Phi) is 6.61. The van der Waals surface area contributed by atoms with E-state index in [4.69, 9.17) is 33.5 Å². The van der Waals surface area contributed by atoms with Gasteiger partial charge in [0, 0.05) is 27.9 Å². The molecule has 0 unspecified atom stereocenters. The summed E-state index contributed by atoms with van der Waals surface area (Å²) < 4.78 is 5.30. The maximum atomic E-state index is 12.0. The zero-order valence-electron chi connectivity index (χ0n) is 14.4. The highest BCUT2D eigenvalue weighted by molar-refractivity contribution is 7.99. The maximum Gasteiger partial charge on any atom is 0.248 e. The summed E-state index contributed by atoms with van der Waals surface area (Å²) in [4.78, 5) is 23.1. The summed E-state index contributed by atoms with van der Waals surface area (Å²) >= 11 is 13.5. The second-order valence-electron chi connectivity index (χ2n) is 5.79. The third kappa shape index (κ3) is 5.28. The molecular weight excluding hydrogens is 421 g/mol. The molecule has 0 atom stereocenters. The number of rotatable bonds is 7. The van der Waals surface area contributed by atoms with Crippen LogP contribution in [0.5, 0.6) is 0 Å². The first-order valence-corrected chi connectivity index (χ1v) is 10.0. The third-order valence-corrected chi connectivity index (χ3v) is 5.20. The molecule has 3 N–H and O–H groups in total. The molecule has 0 aliphatic rings. The molecule has 2 aromatic carbocycles. The van der Waals surface area contributed by atoms with Gasteiger partial charge in [0.25, 0.3) is 0 Å². The molecule has 28 heavy (non-hydrogen) atoms. The summed E-state index contributed by atoms with van der Waals surface area (Å²) in [7, 11) is 0. The van der Waals surface area contributed by atoms with Gasteiger partial charge < -0.3 is 15.6 Å². The molecular formula is C19H15Cl2N3O3S. The lowest BCUT2D eigenvalue weighted by atomic mass is 10.1. The predicted octanol–water partition coefficient (Wildman–Crippen LogP) is 4.62. The molecule has 9 heteroatoms. The Labute approximate surface area is 175 Å². The van der Waals surface area contributed by atoms with Crippen LogP contribution in [-0.4, -0.2) is 22.7 Å². The van der Waals surface area contributed by atoms with Crippen molar-refractivity contribution in [3.8, 4) is 11.3 Å². The minimum Gasteiger partial charge on any atom is -0.366 e. The van der Waals surface area contributed by atoms with Gasteiger partial charge >= 0.3 is 0 Å². The van der Waals surface area contributed by atoms with Crippen LogP contribution in [0.15, 0.2) is 53.1 Å². The molecule has 1 aromatic heterocycles. The first kappa shape index (κ1) is 20.3. The van der Waals surface area contributed by atoms with Crippen LogP contribution in [0.3, 0.4) is 0 Å². The number of hydrogen-bond donors (Lipinski definition) is 2. The number of carbonyl (C=O) groups is 2. The minimum atomic E-state index is -0.514. The van der Waals surface area contributed by atoms with Gasteiger partial charge in [-0.25, -0.2) is 0 Å². The van der Waals surface area contributed by atoms with Crippen molar-refractivity contribution in [3.05, 3.63) is 69.9 Å². The van der Waals surface area contributed by atoms with E-state index in [0.29, 0.717) is 38.5 Å². The van der Waals surface area contributed by atoms with E-state index in [1.807, 2.05) is 0 Å². The van der Waals surface area contributed by atoms with Crippen molar-refractivity contribution in [1.29, 1.82) is 0 Å². The quantitative estimate of drug-likeness (QED) is 0.563. The minimum absolute atomic E-state index is 0.169. The lowest BCUT2D eigenvalue weighted by molar-refractivity contribution is -0.113. The Morgan fingerprint density at radius 3 is 2.54 bits per heavy atom. The predicted molar refractivity (Wildman–Crippen MR) is 112 cm³/mol. The highest BCUT2D eigenvalue weighted by Crippen LogP contribution is 2.30. The summed E-state index contributed by atoms with van der Waals surface area (Å²) in [5.74, 6) is 0.656. The van der Waals surface area contributed by atoms with Crippen LogP contribution in [-0.2, 0) is 10.5 Å². The maximum absolute atomic E-state index is 12.0. The van der Waals surface area contributed by atoms with Gasteiger partial charge in [0.05, 0.1) is 16.5 Å². The average Bonchev–Trinajstić information content (AvgIpc) is 3.10. The summed E-state index contributed by atoms with van der Waals surface area (Å²) in [5, 5.41) is 7.79. The molecule has 3 rings (SSSR count). The zero-order valence-corrected chi connectivity index (χ0v) is 16.8. The van der Waals surface area contributed by atoms with Crippen LogP contribution in [0.2, 0.25) is 10.0 Å². The van der Waals surface area contributed by atoms with Crippen molar-refractivity contribution < 1.29 is 14.1 Å². The Hall–Kier alpha value is -2.48. The van der Waals surface area contributed by atoms with Gasteiger partial charge in [-0.05, 0) is 42.5 Å². The molecule has 0 fully saturated rings.